The van der Waals surface area contributed by atoms with E-state index in [0.29, 0.717) is 5.75 Å². The lowest BCUT2D eigenvalue weighted by Crippen LogP contribution is -2.08. The third-order valence-corrected chi connectivity index (χ3v) is 4.93. The van der Waals surface area contributed by atoms with Gasteiger partial charge >= 0.3 is 6.18 Å². The van der Waals surface area contributed by atoms with E-state index in [1.165, 1.54) is 48.5 Å². The Morgan fingerprint density at radius 2 is 1.75 bits per heavy atom. The summed E-state index contributed by atoms with van der Waals surface area (Å²) in [5.74, 6) is -0.543. The second-order valence-electron chi connectivity index (χ2n) is 6.54. The third kappa shape index (κ3) is 6.02. The minimum atomic E-state index is -4.60. The van der Waals surface area contributed by atoms with Gasteiger partial charge in [0.1, 0.15) is 18.2 Å². The van der Waals surface area contributed by atoms with Crippen molar-refractivity contribution in [1.29, 1.82) is 0 Å². The van der Waals surface area contributed by atoms with Gasteiger partial charge in [0.2, 0.25) is 0 Å². The van der Waals surface area contributed by atoms with E-state index in [2.05, 4.69) is 5.32 Å². The molecule has 9 heteroatoms. The van der Waals surface area contributed by atoms with Gasteiger partial charge in [-0.25, -0.2) is 4.39 Å². The monoisotopic (exact) mass is 483 g/mol. The number of benzene rings is 3. The Hall–Kier alpha value is -3.03. The molecule has 0 aromatic heterocycles. The predicted molar refractivity (Wildman–Crippen MR) is 116 cm³/mol. The zero-order valence-electron chi connectivity index (χ0n) is 16.2. The van der Waals surface area contributed by atoms with Crippen LogP contribution in [0.4, 0.5) is 23.2 Å². The highest BCUT2D eigenvalue weighted by Gasteiger charge is 2.33. The fraction of sp³-hybridized carbons (Fsp3) is 0.0870. The first-order valence-corrected chi connectivity index (χ1v) is 9.90. The number of allylic oxidation sites excluding steroid dienone is 1. The molecule has 0 saturated heterocycles. The first-order valence-electron chi connectivity index (χ1n) is 9.15. The molecular weight excluding hydrogens is 469 g/mol. The number of carbonyl (C=O) groups excluding carboxylic acids is 1. The van der Waals surface area contributed by atoms with Gasteiger partial charge in [0.15, 0.2) is 5.78 Å². The van der Waals surface area contributed by atoms with Gasteiger partial charge in [-0.1, -0.05) is 29.3 Å². The van der Waals surface area contributed by atoms with Gasteiger partial charge in [-0.3, -0.25) is 4.79 Å². The summed E-state index contributed by atoms with van der Waals surface area (Å²) in [5.41, 5.74) is -0.685. The SMILES string of the molecule is O=C(C=CNc1ccc(Cl)cc1C(F)(F)F)c1ccc(OCc2c(F)cccc2Cl)cc1. The van der Waals surface area contributed by atoms with Gasteiger partial charge < -0.3 is 10.1 Å². The molecule has 0 bridgehead atoms. The van der Waals surface area contributed by atoms with Crippen molar-refractivity contribution in [3.8, 4) is 5.75 Å². The van der Waals surface area contributed by atoms with Gasteiger partial charge in [-0.15, -0.1) is 0 Å². The molecule has 0 aliphatic heterocycles. The number of nitrogens with one attached hydrogen (secondary N) is 1. The van der Waals surface area contributed by atoms with Gasteiger partial charge in [-0.05, 0) is 54.6 Å². The fourth-order valence-corrected chi connectivity index (χ4v) is 3.11. The highest BCUT2D eigenvalue weighted by molar-refractivity contribution is 6.31. The van der Waals surface area contributed by atoms with E-state index in [1.54, 1.807) is 6.07 Å². The summed E-state index contributed by atoms with van der Waals surface area (Å²) >= 11 is 11.6. The molecule has 3 aromatic carbocycles. The van der Waals surface area contributed by atoms with Crippen molar-refractivity contribution in [3.05, 3.63) is 105 Å². The first kappa shape index (κ1) is 23.6. The highest BCUT2D eigenvalue weighted by atomic mass is 35.5. The van der Waals surface area contributed by atoms with Gasteiger partial charge in [0, 0.05) is 28.4 Å². The lowest BCUT2D eigenvalue weighted by atomic mass is 10.1. The van der Waals surface area contributed by atoms with Crippen LogP contribution in [0.1, 0.15) is 21.5 Å². The average molecular weight is 484 g/mol. The minimum absolute atomic E-state index is 0.0532. The van der Waals surface area contributed by atoms with Crippen LogP contribution < -0.4 is 10.1 Å². The van der Waals surface area contributed by atoms with Crippen LogP contribution in [-0.2, 0) is 12.8 Å². The summed E-state index contributed by atoms with van der Waals surface area (Å²) in [5, 5.41) is 2.64. The number of ketones is 1. The molecule has 3 aromatic rings. The van der Waals surface area contributed by atoms with Crippen molar-refractivity contribution < 1.29 is 27.1 Å². The van der Waals surface area contributed by atoms with E-state index in [-0.39, 0.29) is 33.5 Å². The largest absolute Gasteiger partial charge is 0.489 e. The molecule has 32 heavy (non-hydrogen) atoms. The van der Waals surface area contributed by atoms with Crippen molar-refractivity contribution in [1.82, 2.24) is 0 Å². The van der Waals surface area contributed by atoms with Crippen LogP contribution in [0.5, 0.6) is 5.75 Å². The maximum atomic E-state index is 13.8. The molecule has 0 unspecified atom stereocenters. The lowest BCUT2D eigenvalue weighted by Gasteiger charge is -2.12. The van der Waals surface area contributed by atoms with Gasteiger partial charge in [0.25, 0.3) is 0 Å². The van der Waals surface area contributed by atoms with Crippen molar-refractivity contribution in [2.24, 2.45) is 0 Å². The number of halogens is 6. The number of alkyl halides is 3. The smallest absolute Gasteiger partial charge is 0.418 e. The molecule has 1 N–H and O–H groups in total. The molecule has 166 valence electrons. The molecule has 0 fully saturated rings. The number of carbonyl (C=O) groups is 1. The Morgan fingerprint density at radius 3 is 2.41 bits per heavy atom. The third-order valence-electron chi connectivity index (χ3n) is 4.34. The van der Waals surface area contributed by atoms with Crippen LogP contribution in [0.3, 0.4) is 0 Å². The lowest BCUT2D eigenvalue weighted by molar-refractivity contribution is -0.136. The quantitative estimate of drug-likeness (QED) is 0.214. The topological polar surface area (TPSA) is 38.3 Å². The summed E-state index contributed by atoms with van der Waals surface area (Å²) < 4.78 is 58.6. The van der Waals surface area contributed by atoms with Crippen molar-refractivity contribution in [2.45, 2.75) is 12.8 Å². The fourth-order valence-electron chi connectivity index (χ4n) is 2.72. The second kappa shape index (κ2) is 10.1. The van der Waals surface area contributed by atoms with Crippen LogP contribution >= 0.6 is 23.2 Å². The Labute approximate surface area is 191 Å². The van der Waals surface area contributed by atoms with E-state index < -0.39 is 23.3 Å². The Bertz CT molecular complexity index is 1130. The zero-order chi connectivity index (χ0) is 23.3. The number of hydrogen-bond acceptors (Lipinski definition) is 3. The number of rotatable bonds is 7. The molecule has 0 radical (unpaired) electrons. The van der Waals surface area contributed by atoms with Gasteiger partial charge in [-0.2, -0.15) is 13.2 Å². The number of anilines is 1. The molecule has 0 aliphatic rings. The van der Waals surface area contributed by atoms with Crippen LogP contribution in [0.15, 0.2) is 72.9 Å². The van der Waals surface area contributed by atoms with Crippen molar-refractivity contribution in [2.75, 3.05) is 5.32 Å². The summed E-state index contributed by atoms with van der Waals surface area (Å²) in [4.78, 5) is 12.3. The summed E-state index contributed by atoms with van der Waals surface area (Å²) in [6.07, 6.45) is -2.39. The molecular formula is C23H15Cl2F4NO2. The average Bonchev–Trinajstić information content (AvgIpc) is 2.74. The number of ether oxygens (including phenoxy) is 1. The minimum Gasteiger partial charge on any atom is -0.489 e. The normalized spacial score (nSPS) is 11.6. The summed E-state index contributed by atoms with van der Waals surface area (Å²) in [6.45, 7) is -0.0920. The van der Waals surface area contributed by atoms with E-state index in [9.17, 15) is 22.4 Å². The van der Waals surface area contributed by atoms with E-state index >= 15 is 0 Å². The Morgan fingerprint density at radius 1 is 1.03 bits per heavy atom. The van der Waals surface area contributed by atoms with Gasteiger partial charge in [0.05, 0.1) is 16.3 Å². The molecule has 0 atom stereocenters. The van der Waals surface area contributed by atoms with Crippen LogP contribution in [0.25, 0.3) is 0 Å². The van der Waals surface area contributed by atoms with Crippen LogP contribution in [0, 0.1) is 5.82 Å². The Balaban J connectivity index is 1.62. The molecule has 3 rings (SSSR count). The molecule has 0 heterocycles. The van der Waals surface area contributed by atoms with Crippen molar-refractivity contribution in [3.63, 3.8) is 0 Å². The summed E-state index contributed by atoms with van der Waals surface area (Å²) in [6, 6.07) is 13.6. The van der Waals surface area contributed by atoms with E-state index in [1.807, 2.05) is 0 Å². The zero-order valence-corrected chi connectivity index (χ0v) is 17.7. The number of hydrogen-bond donors (Lipinski definition) is 1. The maximum absolute atomic E-state index is 13.8. The highest BCUT2D eigenvalue weighted by Crippen LogP contribution is 2.36. The molecule has 0 spiro atoms. The van der Waals surface area contributed by atoms with E-state index in [0.717, 1.165) is 18.3 Å². The van der Waals surface area contributed by atoms with Crippen LogP contribution in [0.2, 0.25) is 10.0 Å². The maximum Gasteiger partial charge on any atom is 0.418 e. The standard InChI is InChI=1S/C23H15Cl2F4NO2/c24-15-6-9-21(18(12-15)23(27,28)29)30-11-10-22(31)14-4-7-16(8-5-14)32-13-17-19(25)2-1-3-20(17)26/h1-12,30H,13H2. The second-order valence-corrected chi connectivity index (χ2v) is 7.39. The van der Waals surface area contributed by atoms with Crippen molar-refractivity contribution >= 4 is 34.7 Å². The van der Waals surface area contributed by atoms with E-state index in [4.69, 9.17) is 27.9 Å². The predicted octanol–water partition coefficient (Wildman–Crippen LogP) is 7.54. The molecule has 0 aliphatic carbocycles. The first-order chi connectivity index (χ1) is 15.1. The van der Waals surface area contributed by atoms with Crippen LogP contribution in [-0.4, -0.2) is 5.78 Å². The molecule has 0 amide bonds. The summed E-state index contributed by atoms with van der Waals surface area (Å²) in [7, 11) is 0. The molecule has 3 nitrogen and oxygen atoms in total. The molecule has 0 saturated carbocycles. The Kier molecular flexibility index (Phi) is 7.43.